The maximum absolute atomic E-state index is 13.9. The number of rotatable bonds is 7. The molecule has 200 valence electrons. The summed E-state index contributed by atoms with van der Waals surface area (Å²) in [5, 5.41) is 14.6. The van der Waals surface area contributed by atoms with Gasteiger partial charge in [-0.15, -0.1) is 5.10 Å². The first-order valence-corrected chi connectivity index (χ1v) is 13.4. The molecular formula is C31H33ClN6O. The number of hydrogen-bond acceptors (Lipinski definition) is 5. The summed E-state index contributed by atoms with van der Waals surface area (Å²) in [6, 6.07) is 23.6. The van der Waals surface area contributed by atoms with Gasteiger partial charge < -0.3 is 4.98 Å². The monoisotopic (exact) mass is 540 g/mol. The molecule has 3 aromatic carbocycles. The smallest absolute Gasteiger partial charge is 0.253 e. The van der Waals surface area contributed by atoms with E-state index in [9.17, 15) is 4.79 Å². The van der Waals surface area contributed by atoms with Crippen LogP contribution in [0.2, 0.25) is 5.02 Å². The van der Waals surface area contributed by atoms with Gasteiger partial charge in [-0.2, -0.15) is 0 Å². The lowest BCUT2D eigenvalue weighted by atomic mass is 9.98. The molecule has 0 spiro atoms. The average Bonchev–Trinajstić information content (AvgIpc) is 3.37. The number of aromatic nitrogens is 5. The number of nitrogens with one attached hydrogen (secondary N) is 1. The van der Waals surface area contributed by atoms with Gasteiger partial charge in [0.2, 0.25) is 0 Å². The molecular weight excluding hydrogens is 508 g/mol. The van der Waals surface area contributed by atoms with E-state index < -0.39 is 11.6 Å². The Labute approximate surface area is 233 Å². The van der Waals surface area contributed by atoms with E-state index in [2.05, 4.69) is 77.4 Å². The Morgan fingerprint density at radius 1 is 0.974 bits per heavy atom. The third kappa shape index (κ3) is 5.65. The molecule has 2 aromatic heterocycles. The van der Waals surface area contributed by atoms with E-state index in [1.54, 1.807) is 0 Å². The van der Waals surface area contributed by atoms with Crippen molar-refractivity contribution in [3.63, 3.8) is 0 Å². The predicted molar refractivity (Wildman–Crippen MR) is 156 cm³/mol. The normalized spacial score (nSPS) is 12.8. The van der Waals surface area contributed by atoms with Crippen molar-refractivity contribution in [3.05, 3.63) is 122 Å². The zero-order valence-corrected chi connectivity index (χ0v) is 23.7. The summed E-state index contributed by atoms with van der Waals surface area (Å²) in [6.07, 6.45) is 0. The van der Waals surface area contributed by atoms with Gasteiger partial charge in [-0.05, 0) is 85.3 Å². The lowest BCUT2D eigenvalue weighted by Gasteiger charge is -2.33. The number of pyridine rings is 1. The minimum Gasteiger partial charge on any atom is -0.321 e. The van der Waals surface area contributed by atoms with Crippen molar-refractivity contribution < 1.29 is 0 Å². The predicted octanol–water partition coefficient (Wildman–Crippen LogP) is 6.33. The van der Waals surface area contributed by atoms with E-state index in [1.807, 2.05) is 60.1 Å². The first kappa shape index (κ1) is 26.8. The van der Waals surface area contributed by atoms with Crippen LogP contribution in [0, 0.1) is 13.8 Å². The Morgan fingerprint density at radius 2 is 1.69 bits per heavy atom. The minimum absolute atomic E-state index is 0.167. The molecule has 0 saturated carbocycles. The number of halogens is 1. The second-order valence-electron chi connectivity index (χ2n) is 11.1. The summed E-state index contributed by atoms with van der Waals surface area (Å²) >= 11 is 6.65. The molecule has 0 radical (unpaired) electrons. The summed E-state index contributed by atoms with van der Waals surface area (Å²) in [6.45, 7) is 11.3. The van der Waals surface area contributed by atoms with Crippen molar-refractivity contribution in [2.45, 2.75) is 59.3 Å². The van der Waals surface area contributed by atoms with Crippen LogP contribution in [0.1, 0.15) is 60.5 Å². The quantitative estimate of drug-likeness (QED) is 0.261. The third-order valence-electron chi connectivity index (χ3n) is 6.92. The molecule has 1 unspecified atom stereocenters. The molecule has 8 heteroatoms. The Balaban J connectivity index is 1.76. The van der Waals surface area contributed by atoms with Crippen LogP contribution in [0.4, 0.5) is 0 Å². The molecule has 0 aliphatic carbocycles. The van der Waals surface area contributed by atoms with Gasteiger partial charge in [-0.3, -0.25) is 9.69 Å². The van der Waals surface area contributed by atoms with Crippen LogP contribution in [0.25, 0.3) is 10.9 Å². The van der Waals surface area contributed by atoms with E-state index in [4.69, 9.17) is 11.6 Å². The summed E-state index contributed by atoms with van der Waals surface area (Å²) in [5.74, 6) is 0.597. The van der Waals surface area contributed by atoms with Crippen molar-refractivity contribution in [3.8, 4) is 0 Å². The fraction of sp³-hybridized carbons (Fsp3) is 0.290. The second-order valence-corrected chi connectivity index (χ2v) is 11.5. The zero-order chi connectivity index (χ0) is 27.7. The maximum atomic E-state index is 13.9. The lowest BCUT2D eigenvalue weighted by Crippen LogP contribution is -2.37. The van der Waals surface area contributed by atoms with Crippen molar-refractivity contribution in [2.24, 2.45) is 0 Å². The molecule has 0 fully saturated rings. The largest absolute Gasteiger partial charge is 0.321 e. The van der Waals surface area contributed by atoms with Gasteiger partial charge in [-0.25, -0.2) is 4.68 Å². The van der Waals surface area contributed by atoms with Crippen LogP contribution < -0.4 is 5.56 Å². The molecule has 0 aliphatic rings. The van der Waals surface area contributed by atoms with Crippen LogP contribution in [-0.2, 0) is 18.6 Å². The number of fused-ring (bicyclic) bond motifs is 1. The maximum Gasteiger partial charge on any atom is 0.253 e. The van der Waals surface area contributed by atoms with Gasteiger partial charge in [0.25, 0.3) is 5.56 Å². The van der Waals surface area contributed by atoms with E-state index in [1.165, 1.54) is 0 Å². The molecule has 5 aromatic rings. The molecule has 0 saturated heterocycles. The van der Waals surface area contributed by atoms with Gasteiger partial charge in [0.05, 0.1) is 11.1 Å². The van der Waals surface area contributed by atoms with Gasteiger partial charge in [0.15, 0.2) is 5.82 Å². The third-order valence-corrected chi connectivity index (χ3v) is 7.28. The fourth-order valence-electron chi connectivity index (χ4n) is 5.15. The first-order valence-electron chi connectivity index (χ1n) is 13.1. The highest BCUT2D eigenvalue weighted by molar-refractivity contribution is 6.31. The SMILES string of the molecule is Cc1cc(C)c2[nH]c(=O)c(C(c3nnnn3C(C)(C)C)N(Cc3ccccc3)Cc3ccccc3Cl)cc2c1. The topological polar surface area (TPSA) is 79.7 Å². The van der Waals surface area contributed by atoms with Crippen molar-refractivity contribution in [1.82, 2.24) is 30.1 Å². The Kier molecular flexibility index (Phi) is 7.38. The molecule has 7 nitrogen and oxygen atoms in total. The second kappa shape index (κ2) is 10.8. The van der Waals surface area contributed by atoms with Gasteiger partial charge >= 0.3 is 0 Å². The van der Waals surface area contributed by atoms with Crippen molar-refractivity contribution in [2.75, 3.05) is 0 Å². The average molecular weight is 541 g/mol. The molecule has 1 atom stereocenters. The summed E-state index contributed by atoms with van der Waals surface area (Å²) in [5.41, 5.74) is 5.07. The van der Waals surface area contributed by atoms with E-state index in [0.29, 0.717) is 29.5 Å². The van der Waals surface area contributed by atoms with Crippen molar-refractivity contribution >= 4 is 22.5 Å². The Hall–Kier alpha value is -3.81. The number of benzene rings is 3. The van der Waals surface area contributed by atoms with Crippen molar-refractivity contribution in [1.29, 1.82) is 0 Å². The van der Waals surface area contributed by atoms with Gasteiger partial charge in [0.1, 0.15) is 6.04 Å². The Morgan fingerprint density at radius 3 is 2.41 bits per heavy atom. The van der Waals surface area contributed by atoms with Gasteiger partial charge in [-0.1, -0.05) is 71.8 Å². The van der Waals surface area contributed by atoms with Crippen LogP contribution in [0.5, 0.6) is 0 Å². The number of aromatic amines is 1. The van der Waals surface area contributed by atoms with Crippen LogP contribution in [0.3, 0.4) is 0 Å². The van der Waals surface area contributed by atoms with Gasteiger partial charge in [0, 0.05) is 23.7 Å². The number of nitrogens with zero attached hydrogens (tertiary/aromatic N) is 5. The Bertz CT molecular complexity index is 1670. The molecule has 0 aliphatic heterocycles. The lowest BCUT2D eigenvalue weighted by molar-refractivity contribution is 0.184. The molecule has 0 amide bonds. The van der Waals surface area contributed by atoms with Crippen LogP contribution >= 0.6 is 11.6 Å². The van der Waals surface area contributed by atoms with E-state index in [0.717, 1.165) is 33.2 Å². The van der Waals surface area contributed by atoms with Crippen LogP contribution in [0.15, 0.2) is 77.6 Å². The molecule has 39 heavy (non-hydrogen) atoms. The highest BCUT2D eigenvalue weighted by Gasteiger charge is 2.34. The first-order chi connectivity index (χ1) is 18.6. The highest BCUT2D eigenvalue weighted by Crippen LogP contribution is 2.33. The zero-order valence-electron chi connectivity index (χ0n) is 22.9. The van der Waals surface area contributed by atoms with Crippen LogP contribution in [-0.4, -0.2) is 30.1 Å². The molecule has 0 bridgehead atoms. The molecule has 1 N–H and O–H groups in total. The van der Waals surface area contributed by atoms with E-state index >= 15 is 0 Å². The number of aryl methyl sites for hydroxylation is 2. The van der Waals surface area contributed by atoms with E-state index in [-0.39, 0.29) is 5.56 Å². The molecule has 5 rings (SSSR count). The fourth-order valence-corrected chi connectivity index (χ4v) is 5.35. The standard InChI is InChI=1S/C31H33ClN6O/c1-20-15-21(2)27-24(16-20)17-25(30(39)33-27)28(29-34-35-36-38(29)31(3,4)5)37(18-22-11-7-6-8-12-22)19-23-13-9-10-14-26(23)32/h6-17,28H,18-19H2,1-5H3,(H,33,39). The summed E-state index contributed by atoms with van der Waals surface area (Å²) < 4.78 is 1.81. The highest BCUT2D eigenvalue weighted by atomic mass is 35.5. The molecule has 2 heterocycles. The number of H-pyrrole nitrogens is 1. The number of hydrogen-bond donors (Lipinski definition) is 1. The summed E-state index contributed by atoms with van der Waals surface area (Å²) in [7, 11) is 0. The number of tetrazole rings is 1. The minimum atomic E-state index is -0.551. The summed E-state index contributed by atoms with van der Waals surface area (Å²) in [4.78, 5) is 19.2.